The van der Waals surface area contributed by atoms with Crippen LogP contribution in [0.15, 0.2) is 36.8 Å². The Morgan fingerprint density at radius 1 is 1.41 bits per heavy atom. The summed E-state index contributed by atoms with van der Waals surface area (Å²) in [5.74, 6) is 0.355. The molecule has 0 amide bonds. The minimum atomic E-state index is -0.601. The second-order valence-electron chi connectivity index (χ2n) is 5.63. The van der Waals surface area contributed by atoms with E-state index in [-0.39, 0.29) is 5.69 Å². The van der Waals surface area contributed by atoms with Crippen LogP contribution in [0.1, 0.15) is 23.0 Å². The predicted molar refractivity (Wildman–Crippen MR) is 82.8 cm³/mol. The molecule has 2 aromatic rings. The average molecular weight is 303 g/mol. The lowest BCUT2D eigenvalue weighted by atomic mass is 10.1. The molecule has 1 aromatic carbocycles. The van der Waals surface area contributed by atoms with E-state index in [2.05, 4.69) is 9.72 Å². The van der Waals surface area contributed by atoms with Crippen molar-refractivity contribution in [2.75, 3.05) is 13.7 Å². The molecule has 0 spiro atoms. The van der Waals surface area contributed by atoms with Crippen molar-refractivity contribution >= 4 is 5.97 Å². The fraction of sp³-hybridized carbons (Fsp3) is 0.375. The number of rotatable bonds is 6. The van der Waals surface area contributed by atoms with Crippen molar-refractivity contribution in [3.8, 4) is 5.75 Å². The molecule has 6 heteroatoms. The van der Waals surface area contributed by atoms with Crippen LogP contribution in [0.4, 0.5) is 0 Å². The van der Waals surface area contributed by atoms with Gasteiger partial charge < -0.3 is 19.8 Å². The Morgan fingerprint density at radius 2 is 2.14 bits per heavy atom. The van der Waals surface area contributed by atoms with Gasteiger partial charge in [-0.2, -0.15) is 0 Å². The van der Waals surface area contributed by atoms with Crippen LogP contribution in [0.3, 0.4) is 0 Å². The van der Waals surface area contributed by atoms with Crippen molar-refractivity contribution in [1.29, 1.82) is 0 Å². The van der Waals surface area contributed by atoms with Crippen molar-refractivity contribution in [1.82, 2.24) is 9.55 Å². The zero-order valence-electron chi connectivity index (χ0n) is 13.1. The smallest absolute Gasteiger partial charge is 0.358 e. The van der Waals surface area contributed by atoms with Gasteiger partial charge in [0.1, 0.15) is 12.4 Å². The molecule has 0 aliphatic carbocycles. The van der Waals surface area contributed by atoms with Crippen molar-refractivity contribution in [3.63, 3.8) is 0 Å². The zero-order valence-corrected chi connectivity index (χ0v) is 13.1. The van der Waals surface area contributed by atoms with Gasteiger partial charge in [-0.05, 0) is 25.5 Å². The van der Waals surface area contributed by atoms with E-state index in [4.69, 9.17) is 10.5 Å². The van der Waals surface area contributed by atoms with Gasteiger partial charge in [0.15, 0.2) is 5.69 Å². The van der Waals surface area contributed by atoms with Crippen LogP contribution >= 0.6 is 0 Å². The molecule has 6 nitrogen and oxygen atoms in total. The molecule has 1 aromatic heterocycles. The summed E-state index contributed by atoms with van der Waals surface area (Å²) in [6.45, 7) is 4.71. The van der Waals surface area contributed by atoms with Gasteiger partial charge in [-0.1, -0.05) is 18.2 Å². The van der Waals surface area contributed by atoms with Crippen LogP contribution < -0.4 is 10.5 Å². The first kappa shape index (κ1) is 16.0. The Kier molecular flexibility index (Phi) is 4.82. The number of carbonyl (C=O) groups excluding carboxylic acids is 1. The normalized spacial score (nSPS) is 13.5. The number of carbonyl (C=O) groups is 1. The molecular formula is C16H21N3O3. The molecule has 0 fully saturated rings. The number of aryl methyl sites for hydroxylation is 1. The molecule has 0 saturated heterocycles. The van der Waals surface area contributed by atoms with E-state index in [1.165, 1.54) is 7.11 Å². The number of ether oxygens (including phenoxy) is 2. The summed E-state index contributed by atoms with van der Waals surface area (Å²) in [5.41, 5.74) is 7.00. The van der Waals surface area contributed by atoms with Crippen molar-refractivity contribution in [2.24, 2.45) is 5.73 Å². The Morgan fingerprint density at radius 3 is 2.82 bits per heavy atom. The number of esters is 1. The maximum atomic E-state index is 11.4. The average Bonchev–Trinajstić information content (AvgIpc) is 2.93. The lowest BCUT2D eigenvalue weighted by Gasteiger charge is -2.25. The molecule has 1 heterocycles. The molecule has 2 N–H and O–H groups in total. The molecule has 1 atom stereocenters. The largest absolute Gasteiger partial charge is 0.491 e. The highest BCUT2D eigenvalue weighted by atomic mass is 16.5. The van der Waals surface area contributed by atoms with E-state index in [1.54, 1.807) is 17.1 Å². The van der Waals surface area contributed by atoms with Crippen LogP contribution in [0.5, 0.6) is 5.75 Å². The Labute approximate surface area is 129 Å². The number of aromatic nitrogens is 2. The topological polar surface area (TPSA) is 79.4 Å². The summed E-state index contributed by atoms with van der Waals surface area (Å²) in [7, 11) is 1.32. The summed E-state index contributed by atoms with van der Waals surface area (Å²) >= 11 is 0. The Hall–Kier alpha value is -2.34. The summed E-state index contributed by atoms with van der Waals surface area (Å²) in [5, 5.41) is 0. The first-order chi connectivity index (χ1) is 10.4. The van der Waals surface area contributed by atoms with Crippen LogP contribution in [0, 0.1) is 6.92 Å². The van der Waals surface area contributed by atoms with Crippen LogP contribution in [0.2, 0.25) is 0 Å². The standard InChI is InChI=1S/C16H21N3O3/c1-12-6-4-5-7-14(12)22-10-16(2,17)9-19-8-13(18-11-19)15(20)21-3/h4-8,11H,9-10,17H2,1-3H3. The van der Waals surface area contributed by atoms with Gasteiger partial charge in [0.05, 0.1) is 19.0 Å². The highest BCUT2D eigenvalue weighted by Crippen LogP contribution is 2.18. The predicted octanol–water partition coefficient (Wildman–Crippen LogP) is 1.77. The van der Waals surface area contributed by atoms with E-state index >= 15 is 0 Å². The summed E-state index contributed by atoms with van der Waals surface area (Å²) in [6, 6.07) is 7.79. The van der Waals surface area contributed by atoms with Crippen LogP contribution in [0.25, 0.3) is 0 Å². The molecule has 0 radical (unpaired) electrons. The lowest BCUT2D eigenvalue weighted by Crippen LogP contribution is -2.46. The molecule has 118 valence electrons. The molecule has 2 rings (SSSR count). The molecule has 22 heavy (non-hydrogen) atoms. The van der Waals surface area contributed by atoms with Gasteiger partial charge in [0.25, 0.3) is 0 Å². The number of hydrogen-bond acceptors (Lipinski definition) is 5. The monoisotopic (exact) mass is 303 g/mol. The fourth-order valence-corrected chi connectivity index (χ4v) is 2.08. The van der Waals surface area contributed by atoms with Crippen LogP contribution in [-0.2, 0) is 11.3 Å². The number of nitrogens with zero attached hydrogens (tertiary/aromatic N) is 2. The van der Waals surface area contributed by atoms with Gasteiger partial charge in [-0.3, -0.25) is 0 Å². The Balaban J connectivity index is 1.97. The fourth-order valence-electron chi connectivity index (χ4n) is 2.08. The first-order valence-corrected chi connectivity index (χ1v) is 6.99. The second-order valence-corrected chi connectivity index (χ2v) is 5.63. The van der Waals surface area contributed by atoms with E-state index in [0.717, 1.165) is 11.3 Å². The van der Waals surface area contributed by atoms with Gasteiger partial charge in [-0.15, -0.1) is 0 Å². The molecule has 0 bridgehead atoms. The molecule has 1 unspecified atom stereocenters. The summed E-state index contributed by atoms with van der Waals surface area (Å²) < 4.78 is 12.2. The SMILES string of the molecule is COC(=O)c1cn(CC(C)(N)COc2ccccc2C)cn1. The van der Waals surface area contributed by atoms with E-state index in [9.17, 15) is 4.79 Å². The quantitative estimate of drug-likeness (QED) is 0.823. The number of para-hydroxylation sites is 1. The highest BCUT2D eigenvalue weighted by molar-refractivity contribution is 5.86. The number of imidazole rings is 1. The highest BCUT2D eigenvalue weighted by Gasteiger charge is 2.22. The molecule has 0 saturated carbocycles. The third kappa shape index (κ3) is 4.08. The van der Waals surface area contributed by atoms with Crippen molar-refractivity contribution in [2.45, 2.75) is 25.9 Å². The summed E-state index contributed by atoms with van der Waals surface area (Å²) in [4.78, 5) is 15.4. The maximum absolute atomic E-state index is 11.4. The first-order valence-electron chi connectivity index (χ1n) is 6.99. The third-order valence-electron chi connectivity index (χ3n) is 3.22. The maximum Gasteiger partial charge on any atom is 0.358 e. The number of nitrogens with two attached hydrogens (primary N) is 1. The minimum absolute atomic E-state index is 0.262. The van der Waals surface area contributed by atoms with E-state index in [0.29, 0.717) is 13.2 Å². The number of benzene rings is 1. The van der Waals surface area contributed by atoms with Gasteiger partial charge in [0.2, 0.25) is 0 Å². The van der Waals surface area contributed by atoms with E-state index < -0.39 is 11.5 Å². The van der Waals surface area contributed by atoms with Crippen LogP contribution in [-0.4, -0.2) is 34.8 Å². The van der Waals surface area contributed by atoms with Crippen molar-refractivity contribution in [3.05, 3.63) is 48.0 Å². The zero-order chi connectivity index (χ0) is 16.2. The molecular weight excluding hydrogens is 282 g/mol. The van der Waals surface area contributed by atoms with Crippen molar-refractivity contribution < 1.29 is 14.3 Å². The second kappa shape index (κ2) is 6.62. The molecule has 0 aliphatic rings. The third-order valence-corrected chi connectivity index (χ3v) is 3.22. The van der Waals surface area contributed by atoms with Gasteiger partial charge in [-0.25, -0.2) is 9.78 Å². The van der Waals surface area contributed by atoms with E-state index in [1.807, 2.05) is 38.1 Å². The number of methoxy groups -OCH3 is 1. The Bertz CT molecular complexity index is 650. The summed E-state index contributed by atoms with van der Waals surface area (Å²) in [6.07, 6.45) is 3.18. The minimum Gasteiger partial charge on any atom is -0.491 e. The molecule has 0 aliphatic heterocycles. The van der Waals surface area contributed by atoms with Gasteiger partial charge in [0, 0.05) is 12.7 Å². The van der Waals surface area contributed by atoms with Gasteiger partial charge >= 0.3 is 5.97 Å². The lowest BCUT2D eigenvalue weighted by molar-refractivity contribution is 0.0594. The number of hydrogen-bond donors (Lipinski definition) is 1.